The van der Waals surface area contributed by atoms with Crippen LogP contribution in [0, 0.1) is 0 Å². The van der Waals surface area contributed by atoms with Gasteiger partial charge in [0, 0.05) is 18.6 Å². The maximum Gasteiger partial charge on any atom is 0.270 e. The first-order valence-electron chi connectivity index (χ1n) is 5.91. The Kier molecular flexibility index (Phi) is 3.00. The van der Waals surface area contributed by atoms with E-state index in [0.717, 1.165) is 43.7 Å². The molecule has 0 aliphatic carbocycles. The Hall–Kier alpha value is -0.770. The minimum Gasteiger partial charge on any atom is -0.374 e. The largest absolute Gasteiger partial charge is 0.374 e. The molecule has 9 heteroatoms. The maximum atomic E-state index is 12.1. The first kappa shape index (κ1) is 12.3. The molecule has 2 aliphatic heterocycles. The first-order valence-corrected chi connectivity index (χ1v) is 8.21. The van der Waals surface area contributed by atoms with Crippen molar-refractivity contribution in [3.8, 4) is 0 Å². The summed E-state index contributed by atoms with van der Waals surface area (Å²) in [5, 5.41) is 7.31. The van der Waals surface area contributed by atoms with Crippen molar-refractivity contribution < 1.29 is 8.42 Å². The number of nitrogens with two attached hydrogens (primary N) is 1. The van der Waals surface area contributed by atoms with E-state index in [-0.39, 0.29) is 15.5 Å². The summed E-state index contributed by atoms with van der Waals surface area (Å²) in [6.45, 7) is 2.05. The van der Waals surface area contributed by atoms with Crippen molar-refractivity contribution >= 4 is 26.5 Å². The molecule has 0 radical (unpaired) electrons. The van der Waals surface area contributed by atoms with Crippen molar-refractivity contribution in [3.05, 3.63) is 0 Å². The maximum absolute atomic E-state index is 12.1. The Balaban J connectivity index is 1.76. The van der Waals surface area contributed by atoms with E-state index >= 15 is 0 Å². The molecule has 2 aliphatic rings. The van der Waals surface area contributed by atoms with Gasteiger partial charge in [0.05, 0.1) is 0 Å². The lowest BCUT2D eigenvalue weighted by atomic mass is 10.1. The van der Waals surface area contributed by atoms with Gasteiger partial charge in [0.2, 0.25) is 9.47 Å². The topological polar surface area (TPSA) is 101 Å². The highest BCUT2D eigenvalue weighted by Gasteiger charge is 2.39. The van der Waals surface area contributed by atoms with Crippen molar-refractivity contribution in [3.63, 3.8) is 0 Å². The number of hydrogen-bond acceptors (Lipinski definition) is 7. The van der Waals surface area contributed by atoms with E-state index in [1.165, 1.54) is 0 Å². The Morgan fingerprint density at radius 1 is 1.33 bits per heavy atom. The van der Waals surface area contributed by atoms with Crippen LogP contribution in [0.1, 0.15) is 19.3 Å². The van der Waals surface area contributed by atoms with Gasteiger partial charge in [-0.25, -0.2) is 13.1 Å². The van der Waals surface area contributed by atoms with E-state index in [4.69, 9.17) is 5.73 Å². The Labute approximate surface area is 109 Å². The van der Waals surface area contributed by atoms with E-state index in [1.807, 2.05) is 0 Å². The van der Waals surface area contributed by atoms with E-state index < -0.39 is 10.0 Å². The molecule has 0 saturated carbocycles. The fourth-order valence-electron chi connectivity index (χ4n) is 2.80. The Bertz CT molecular complexity index is 543. The molecule has 0 bridgehead atoms. The number of fused-ring (bicyclic) bond motifs is 1. The third kappa shape index (κ3) is 2.11. The molecule has 2 fully saturated rings. The molecular formula is C9H15N5O2S2. The summed E-state index contributed by atoms with van der Waals surface area (Å²) in [4.78, 5) is 2.35. The van der Waals surface area contributed by atoms with Crippen LogP contribution in [0.5, 0.6) is 0 Å². The molecule has 1 aromatic heterocycles. The number of nitrogens with one attached hydrogen (secondary N) is 1. The Morgan fingerprint density at radius 3 is 2.89 bits per heavy atom. The fraction of sp³-hybridized carbons (Fsp3) is 0.778. The standard InChI is InChI=1S/C9H15N5O2S2/c10-8-11-12-9(17-8)18(15,16)13-6-3-5-14-4-1-2-7(6)14/h6-7,13H,1-5H2,(H2,10,11). The molecule has 0 aromatic carbocycles. The lowest BCUT2D eigenvalue weighted by Gasteiger charge is -2.20. The number of sulfonamides is 1. The number of nitrogen functional groups attached to an aromatic ring is 1. The van der Waals surface area contributed by atoms with Gasteiger partial charge < -0.3 is 5.73 Å². The van der Waals surface area contributed by atoms with Gasteiger partial charge in [-0.05, 0) is 25.8 Å². The smallest absolute Gasteiger partial charge is 0.270 e. The van der Waals surface area contributed by atoms with Crippen LogP contribution in [0.15, 0.2) is 4.34 Å². The van der Waals surface area contributed by atoms with Gasteiger partial charge in [-0.15, -0.1) is 10.2 Å². The summed E-state index contributed by atoms with van der Waals surface area (Å²) in [7, 11) is -3.57. The van der Waals surface area contributed by atoms with E-state index in [9.17, 15) is 8.42 Å². The highest BCUT2D eigenvalue weighted by Crippen LogP contribution is 2.29. The summed E-state index contributed by atoms with van der Waals surface area (Å²) in [5.41, 5.74) is 5.41. The number of hydrogen-bond donors (Lipinski definition) is 2. The van der Waals surface area contributed by atoms with Gasteiger partial charge in [-0.2, -0.15) is 0 Å². The summed E-state index contributed by atoms with van der Waals surface area (Å²) < 4.78 is 26.9. The quantitative estimate of drug-likeness (QED) is 0.787. The first-order chi connectivity index (χ1) is 8.56. The van der Waals surface area contributed by atoms with Crippen LogP contribution in [-0.2, 0) is 10.0 Å². The van der Waals surface area contributed by atoms with Crippen LogP contribution in [0.2, 0.25) is 0 Å². The van der Waals surface area contributed by atoms with Gasteiger partial charge in [0.25, 0.3) is 10.0 Å². The highest BCUT2D eigenvalue weighted by molar-refractivity contribution is 7.91. The molecule has 0 spiro atoms. The molecule has 0 amide bonds. The van der Waals surface area contributed by atoms with Gasteiger partial charge >= 0.3 is 0 Å². The molecule has 3 heterocycles. The molecule has 3 rings (SSSR count). The minimum absolute atomic E-state index is 0.0115. The SMILES string of the molecule is Nc1nnc(S(=O)(=O)NC2CCN3CCCC23)s1. The third-order valence-corrected chi connectivity index (χ3v) is 6.17. The normalized spacial score (nSPS) is 28.7. The highest BCUT2D eigenvalue weighted by atomic mass is 32.2. The van der Waals surface area contributed by atoms with E-state index in [1.54, 1.807) is 0 Å². The van der Waals surface area contributed by atoms with E-state index in [2.05, 4.69) is 19.8 Å². The van der Waals surface area contributed by atoms with Crippen molar-refractivity contribution in [1.82, 2.24) is 19.8 Å². The lowest BCUT2D eigenvalue weighted by Crippen LogP contribution is -2.42. The Morgan fingerprint density at radius 2 is 2.17 bits per heavy atom. The van der Waals surface area contributed by atoms with Crippen molar-refractivity contribution in [1.29, 1.82) is 0 Å². The molecule has 100 valence electrons. The summed E-state index contributed by atoms with van der Waals surface area (Å²) in [6, 6.07) is 0.327. The van der Waals surface area contributed by atoms with Gasteiger partial charge in [0.15, 0.2) is 0 Å². The van der Waals surface area contributed by atoms with Crippen molar-refractivity contribution in [2.45, 2.75) is 35.7 Å². The van der Waals surface area contributed by atoms with Crippen molar-refractivity contribution in [2.24, 2.45) is 0 Å². The van der Waals surface area contributed by atoms with E-state index in [0.29, 0.717) is 6.04 Å². The van der Waals surface area contributed by atoms with Crippen LogP contribution in [-0.4, -0.2) is 48.7 Å². The van der Waals surface area contributed by atoms with Gasteiger partial charge in [0.1, 0.15) is 0 Å². The van der Waals surface area contributed by atoms with Gasteiger partial charge in [-0.3, -0.25) is 4.90 Å². The van der Waals surface area contributed by atoms with Crippen LogP contribution < -0.4 is 10.5 Å². The van der Waals surface area contributed by atoms with Crippen LogP contribution in [0.3, 0.4) is 0 Å². The number of anilines is 1. The second-order valence-corrected chi connectivity index (χ2v) is 7.56. The monoisotopic (exact) mass is 289 g/mol. The van der Waals surface area contributed by atoms with Crippen LogP contribution in [0.25, 0.3) is 0 Å². The van der Waals surface area contributed by atoms with Gasteiger partial charge in [-0.1, -0.05) is 11.3 Å². The molecule has 3 N–H and O–H groups in total. The molecule has 7 nitrogen and oxygen atoms in total. The molecule has 2 unspecified atom stereocenters. The molecule has 2 atom stereocenters. The summed E-state index contributed by atoms with van der Waals surface area (Å²) >= 11 is 0.895. The zero-order valence-corrected chi connectivity index (χ0v) is 11.4. The lowest BCUT2D eigenvalue weighted by molar-refractivity contribution is 0.309. The number of nitrogens with zero attached hydrogens (tertiary/aromatic N) is 3. The predicted octanol–water partition coefficient (Wildman–Crippen LogP) is -0.365. The summed E-state index contributed by atoms with van der Waals surface area (Å²) in [6.07, 6.45) is 3.07. The summed E-state index contributed by atoms with van der Waals surface area (Å²) in [5.74, 6) is 0. The third-order valence-electron chi connectivity index (χ3n) is 3.56. The molecule has 2 saturated heterocycles. The second-order valence-electron chi connectivity index (χ2n) is 4.67. The zero-order valence-electron chi connectivity index (χ0n) is 9.74. The van der Waals surface area contributed by atoms with Crippen LogP contribution >= 0.6 is 11.3 Å². The van der Waals surface area contributed by atoms with Crippen LogP contribution in [0.4, 0.5) is 5.13 Å². The number of rotatable bonds is 3. The van der Waals surface area contributed by atoms with Crippen molar-refractivity contribution in [2.75, 3.05) is 18.8 Å². The molecule has 18 heavy (non-hydrogen) atoms. The molecular weight excluding hydrogens is 274 g/mol. The second kappa shape index (κ2) is 4.41. The average Bonchev–Trinajstić information content (AvgIpc) is 2.96. The predicted molar refractivity (Wildman–Crippen MR) is 67.6 cm³/mol. The minimum atomic E-state index is -3.57. The average molecular weight is 289 g/mol. The zero-order chi connectivity index (χ0) is 12.8. The fourth-order valence-corrected chi connectivity index (χ4v) is 4.90. The molecule has 1 aromatic rings. The number of aromatic nitrogens is 2.